The third kappa shape index (κ3) is 3.31. The first-order chi connectivity index (χ1) is 10.2. The summed E-state index contributed by atoms with van der Waals surface area (Å²) in [6, 6.07) is 5.60. The molecule has 0 spiro atoms. The van der Waals surface area contributed by atoms with Gasteiger partial charge in [-0.25, -0.2) is 0 Å². The van der Waals surface area contributed by atoms with Gasteiger partial charge in [0.2, 0.25) is 24.5 Å². The Bertz CT molecular complexity index is 653. The first-order valence-electron chi connectivity index (χ1n) is 6.65. The van der Waals surface area contributed by atoms with E-state index >= 15 is 0 Å². The molecule has 1 aliphatic heterocycles. The summed E-state index contributed by atoms with van der Waals surface area (Å²) in [6.45, 7) is 2.41. The van der Waals surface area contributed by atoms with Crippen LogP contribution in [0.25, 0.3) is 0 Å². The highest BCUT2D eigenvalue weighted by Crippen LogP contribution is 2.32. The largest absolute Gasteiger partial charge is 0.454 e. The molecule has 0 saturated heterocycles. The van der Waals surface area contributed by atoms with Gasteiger partial charge in [-0.15, -0.1) is 10.2 Å². The molecule has 110 valence electrons. The van der Waals surface area contributed by atoms with Gasteiger partial charge in [0.25, 0.3) is 0 Å². The molecule has 0 unspecified atom stereocenters. The summed E-state index contributed by atoms with van der Waals surface area (Å²) < 4.78 is 15.7. The van der Waals surface area contributed by atoms with E-state index in [0.717, 1.165) is 11.3 Å². The van der Waals surface area contributed by atoms with Crippen molar-refractivity contribution in [2.24, 2.45) is 0 Å². The van der Waals surface area contributed by atoms with Crippen LogP contribution in [0.15, 0.2) is 22.6 Å². The zero-order valence-electron chi connectivity index (χ0n) is 11.6. The fourth-order valence-corrected chi connectivity index (χ4v) is 2.00. The second kappa shape index (κ2) is 5.82. The molecule has 1 amide bonds. The summed E-state index contributed by atoms with van der Waals surface area (Å²) in [4.78, 5) is 11.8. The number of carbonyl (C=O) groups is 1. The number of hydrogen-bond donors (Lipinski definition) is 1. The van der Waals surface area contributed by atoms with Crippen LogP contribution in [0.2, 0.25) is 0 Å². The molecule has 3 rings (SSSR count). The fraction of sp³-hybridized carbons (Fsp3) is 0.357. The van der Waals surface area contributed by atoms with Crippen LogP contribution in [-0.2, 0) is 17.8 Å². The number of nitrogens with zero attached hydrogens (tertiary/aromatic N) is 2. The van der Waals surface area contributed by atoms with E-state index in [4.69, 9.17) is 13.9 Å². The molecule has 0 radical (unpaired) electrons. The third-order valence-electron chi connectivity index (χ3n) is 3.06. The van der Waals surface area contributed by atoms with E-state index < -0.39 is 0 Å². The molecule has 0 saturated carbocycles. The Labute approximate surface area is 121 Å². The first kappa shape index (κ1) is 13.4. The topological polar surface area (TPSA) is 86.5 Å². The van der Waals surface area contributed by atoms with Crippen molar-refractivity contribution in [2.75, 3.05) is 6.79 Å². The summed E-state index contributed by atoms with van der Waals surface area (Å²) >= 11 is 0. The zero-order chi connectivity index (χ0) is 14.7. The lowest BCUT2D eigenvalue weighted by Gasteiger charge is -2.05. The van der Waals surface area contributed by atoms with Crippen molar-refractivity contribution in [2.45, 2.75) is 26.3 Å². The Morgan fingerprint density at radius 3 is 2.95 bits per heavy atom. The molecule has 0 aliphatic carbocycles. The molecular weight excluding hydrogens is 274 g/mol. The van der Waals surface area contributed by atoms with Gasteiger partial charge in [-0.2, -0.15) is 0 Å². The molecule has 1 N–H and O–H groups in total. The molecule has 0 atom stereocenters. The molecule has 1 aromatic heterocycles. The highest BCUT2D eigenvalue weighted by molar-refractivity contribution is 5.76. The molecule has 1 aromatic carbocycles. The van der Waals surface area contributed by atoms with Crippen LogP contribution in [-0.4, -0.2) is 22.9 Å². The van der Waals surface area contributed by atoms with E-state index in [2.05, 4.69) is 15.5 Å². The number of nitrogens with one attached hydrogen (secondary N) is 1. The smallest absolute Gasteiger partial charge is 0.231 e. The van der Waals surface area contributed by atoms with Gasteiger partial charge in [-0.3, -0.25) is 4.79 Å². The number of aromatic nitrogens is 2. The monoisotopic (exact) mass is 289 g/mol. The quantitative estimate of drug-likeness (QED) is 0.894. The lowest BCUT2D eigenvalue weighted by molar-refractivity contribution is -0.121. The van der Waals surface area contributed by atoms with E-state index in [1.807, 2.05) is 18.2 Å². The molecule has 1 aliphatic rings. The van der Waals surface area contributed by atoms with E-state index in [1.165, 1.54) is 0 Å². The summed E-state index contributed by atoms with van der Waals surface area (Å²) in [5.41, 5.74) is 0.959. The van der Waals surface area contributed by atoms with Crippen molar-refractivity contribution >= 4 is 5.91 Å². The van der Waals surface area contributed by atoms with Crippen molar-refractivity contribution in [3.05, 3.63) is 35.5 Å². The maximum Gasteiger partial charge on any atom is 0.231 e. The number of benzene rings is 1. The minimum atomic E-state index is -0.0662. The van der Waals surface area contributed by atoms with Crippen LogP contribution in [0.1, 0.15) is 23.8 Å². The normalized spacial score (nSPS) is 12.4. The SMILES string of the molecule is Cc1nnc(CCC(=O)NCc2ccc3c(c2)OCO3)o1. The van der Waals surface area contributed by atoms with E-state index in [0.29, 0.717) is 36.9 Å². The van der Waals surface area contributed by atoms with Gasteiger partial charge in [0.15, 0.2) is 11.5 Å². The Hall–Kier alpha value is -2.57. The van der Waals surface area contributed by atoms with Crippen molar-refractivity contribution in [1.82, 2.24) is 15.5 Å². The number of hydrogen-bond acceptors (Lipinski definition) is 6. The molecule has 2 aromatic rings. The highest BCUT2D eigenvalue weighted by atomic mass is 16.7. The number of aryl methyl sites for hydroxylation is 2. The average molecular weight is 289 g/mol. The van der Waals surface area contributed by atoms with Crippen LogP contribution in [0.4, 0.5) is 0 Å². The van der Waals surface area contributed by atoms with Gasteiger partial charge >= 0.3 is 0 Å². The van der Waals surface area contributed by atoms with Gasteiger partial charge in [0.05, 0.1) is 0 Å². The van der Waals surface area contributed by atoms with E-state index in [-0.39, 0.29) is 12.7 Å². The molecule has 7 heteroatoms. The minimum absolute atomic E-state index is 0.0662. The number of carbonyl (C=O) groups excluding carboxylic acids is 1. The molecule has 21 heavy (non-hydrogen) atoms. The Balaban J connectivity index is 1.47. The molecule has 7 nitrogen and oxygen atoms in total. The Morgan fingerprint density at radius 2 is 2.14 bits per heavy atom. The molecular formula is C14H15N3O4. The first-order valence-corrected chi connectivity index (χ1v) is 6.65. The van der Waals surface area contributed by atoms with Crippen molar-refractivity contribution in [3.8, 4) is 11.5 Å². The number of ether oxygens (including phenoxy) is 2. The van der Waals surface area contributed by atoms with Crippen LogP contribution in [0.5, 0.6) is 11.5 Å². The number of amides is 1. The van der Waals surface area contributed by atoms with Gasteiger partial charge in [0.1, 0.15) is 0 Å². The maximum absolute atomic E-state index is 11.8. The Morgan fingerprint density at radius 1 is 1.29 bits per heavy atom. The fourth-order valence-electron chi connectivity index (χ4n) is 2.00. The lowest BCUT2D eigenvalue weighted by Crippen LogP contribution is -2.23. The van der Waals surface area contributed by atoms with E-state index in [9.17, 15) is 4.79 Å². The second-order valence-electron chi connectivity index (χ2n) is 4.68. The van der Waals surface area contributed by atoms with Gasteiger partial charge in [-0.1, -0.05) is 6.07 Å². The predicted molar refractivity (Wildman–Crippen MR) is 71.8 cm³/mol. The second-order valence-corrected chi connectivity index (χ2v) is 4.68. The van der Waals surface area contributed by atoms with Gasteiger partial charge in [0, 0.05) is 26.3 Å². The predicted octanol–water partition coefficient (Wildman–Crippen LogP) is 1.36. The highest BCUT2D eigenvalue weighted by Gasteiger charge is 2.13. The third-order valence-corrected chi connectivity index (χ3v) is 3.06. The van der Waals surface area contributed by atoms with Crippen LogP contribution in [0.3, 0.4) is 0 Å². The summed E-state index contributed by atoms with van der Waals surface area (Å²) in [5, 5.41) is 10.4. The standard InChI is InChI=1S/C14H15N3O4/c1-9-16-17-14(21-9)5-4-13(18)15-7-10-2-3-11-12(6-10)20-8-19-11/h2-3,6H,4-5,7-8H2,1H3,(H,15,18). The lowest BCUT2D eigenvalue weighted by atomic mass is 10.2. The minimum Gasteiger partial charge on any atom is -0.454 e. The maximum atomic E-state index is 11.8. The van der Waals surface area contributed by atoms with Crippen molar-refractivity contribution in [3.63, 3.8) is 0 Å². The summed E-state index contributed by atoms with van der Waals surface area (Å²) in [5.74, 6) is 2.36. The van der Waals surface area contributed by atoms with Crippen LogP contribution < -0.4 is 14.8 Å². The Kier molecular flexibility index (Phi) is 3.72. The molecule has 0 fully saturated rings. The number of fused-ring (bicyclic) bond motifs is 1. The average Bonchev–Trinajstić information content (AvgIpc) is 3.10. The number of rotatable bonds is 5. The molecule has 0 bridgehead atoms. The van der Waals surface area contributed by atoms with Gasteiger partial charge < -0.3 is 19.2 Å². The molecule has 2 heterocycles. The summed E-state index contributed by atoms with van der Waals surface area (Å²) in [6.07, 6.45) is 0.750. The summed E-state index contributed by atoms with van der Waals surface area (Å²) in [7, 11) is 0. The van der Waals surface area contributed by atoms with Crippen molar-refractivity contribution in [1.29, 1.82) is 0 Å². The van der Waals surface area contributed by atoms with Gasteiger partial charge in [-0.05, 0) is 17.7 Å². The van der Waals surface area contributed by atoms with Crippen LogP contribution >= 0.6 is 0 Å². The van der Waals surface area contributed by atoms with Crippen LogP contribution in [0, 0.1) is 6.92 Å². The zero-order valence-corrected chi connectivity index (χ0v) is 11.6. The van der Waals surface area contributed by atoms with Crippen molar-refractivity contribution < 1.29 is 18.7 Å². The van der Waals surface area contributed by atoms with E-state index in [1.54, 1.807) is 6.92 Å².